The van der Waals surface area contributed by atoms with Gasteiger partial charge in [-0.05, 0) is 49.4 Å². The van der Waals surface area contributed by atoms with Gasteiger partial charge >= 0.3 is 0 Å². The fourth-order valence-electron chi connectivity index (χ4n) is 3.50. The second kappa shape index (κ2) is 12.8. The van der Waals surface area contributed by atoms with Crippen LogP contribution < -0.4 is 10.1 Å². The van der Waals surface area contributed by atoms with Crippen LogP contribution in [0.4, 0.5) is 0 Å². The third kappa shape index (κ3) is 7.74. The molecule has 0 radical (unpaired) electrons. The highest BCUT2D eigenvalue weighted by Crippen LogP contribution is 2.18. The molecule has 0 aliphatic rings. The molecule has 0 fully saturated rings. The van der Waals surface area contributed by atoms with Gasteiger partial charge in [0, 0.05) is 19.5 Å². The third-order valence-electron chi connectivity index (χ3n) is 5.48. The van der Waals surface area contributed by atoms with Gasteiger partial charge in [0.25, 0.3) is 0 Å². The van der Waals surface area contributed by atoms with Gasteiger partial charge in [0.1, 0.15) is 11.8 Å². The summed E-state index contributed by atoms with van der Waals surface area (Å²) in [5.74, 6) is 0.687. The van der Waals surface area contributed by atoms with Gasteiger partial charge in [0.2, 0.25) is 11.8 Å². The second-order valence-corrected chi connectivity index (χ2v) is 7.92. The zero-order valence-corrected chi connectivity index (χ0v) is 19.3. The molecule has 1 N–H and O–H groups in total. The number of nitrogens with zero attached hydrogens (tertiary/aromatic N) is 1. The number of amides is 2. The first-order chi connectivity index (χ1) is 15.0. The fraction of sp³-hybridized carbons (Fsp3) is 0.462. The van der Waals surface area contributed by atoms with Crippen LogP contribution in [0.5, 0.6) is 5.75 Å². The van der Waals surface area contributed by atoms with Gasteiger partial charge < -0.3 is 15.0 Å². The standard InChI is InChI=1S/C26H36N2O3/c1-5-7-18-27-26(30)24(6-2)28(19-22-12-15-23(31-4)16-13-22)25(29)17-14-21-10-8-20(3)9-11-21/h8-13,15-16,24H,5-7,14,17-19H2,1-4H3,(H,27,30). The van der Waals surface area contributed by atoms with E-state index in [-0.39, 0.29) is 11.8 Å². The van der Waals surface area contributed by atoms with Gasteiger partial charge in [-0.2, -0.15) is 0 Å². The maximum atomic E-state index is 13.3. The molecule has 168 valence electrons. The van der Waals surface area contributed by atoms with E-state index in [1.165, 1.54) is 5.56 Å². The van der Waals surface area contributed by atoms with Crippen LogP contribution in [0.15, 0.2) is 48.5 Å². The molecule has 0 spiro atoms. The van der Waals surface area contributed by atoms with E-state index in [9.17, 15) is 9.59 Å². The summed E-state index contributed by atoms with van der Waals surface area (Å²) in [4.78, 5) is 27.9. The maximum Gasteiger partial charge on any atom is 0.242 e. The summed E-state index contributed by atoms with van der Waals surface area (Å²) in [6.07, 6.45) is 3.55. The summed E-state index contributed by atoms with van der Waals surface area (Å²) in [5, 5.41) is 3.00. The molecule has 31 heavy (non-hydrogen) atoms. The van der Waals surface area contributed by atoms with Crippen LogP contribution in [0.2, 0.25) is 0 Å². The van der Waals surface area contributed by atoms with Crippen molar-refractivity contribution in [2.75, 3.05) is 13.7 Å². The monoisotopic (exact) mass is 424 g/mol. The number of rotatable bonds is 12. The number of ether oxygens (including phenoxy) is 1. The van der Waals surface area contributed by atoms with Crippen LogP contribution >= 0.6 is 0 Å². The third-order valence-corrected chi connectivity index (χ3v) is 5.48. The first-order valence-corrected chi connectivity index (χ1v) is 11.2. The molecule has 1 atom stereocenters. The topological polar surface area (TPSA) is 58.6 Å². The molecule has 0 saturated carbocycles. The summed E-state index contributed by atoms with van der Waals surface area (Å²) >= 11 is 0. The van der Waals surface area contributed by atoms with Crippen LogP contribution in [0.3, 0.4) is 0 Å². The normalized spacial score (nSPS) is 11.6. The minimum Gasteiger partial charge on any atom is -0.497 e. The Bertz CT molecular complexity index is 816. The van der Waals surface area contributed by atoms with Gasteiger partial charge in [-0.15, -0.1) is 0 Å². The molecular weight excluding hydrogens is 388 g/mol. The van der Waals surface area contributed by atoms with Gasteiger partial charge in [-0.25, -0.2) is 0 Å². The number of unbranched alkanes of at least 4 members (excludes halogenated alkanes) is 1. The predicted molar refractivity (Wildman–Crippen MR) is 125 cm³/mol. The van der Waals surface area contributed by atoms with Crippen molar-refractivity contribution in [2.45, 2.75) is 65.5 Å². The van der Waals surface area contributed by atoms with Crippen molar-refractivity contribution in [2.24, 2.45) is 0 Å². The Kier molecular flexibility index (Phi) is 10.1. The molecule has 0 heterocycles. The number of hydrogen-bond acceptors (Lipinski definition) is 3. The number of nitrogens with one attached hydrogen (secondary N) is 1. The van der Waals surface area contributed by atoms with E-state index in [0.717, 1.165) is 29.7 Å². The maximum absolute atomic E-state index is 13.3. The zero-order chi connectivity index (χ0) is 22.6. The average Bonchev–Trinajstić information content (AvgIpc) is 2.79. The van der Waals surface area contributed by atoms with Gasteiger partial charge in [-0.1, -0.05) is 62.2 Å². The molecule has 5 heteroatoms. The summed E-state index contributed by atoms with van der Waals surface area (Å²) in [6.45, 7) is 7.14. The van der Waals surface area contributed by atoms with Crippen LogP contribution in [0.1, 0.15) is 56.2 Å². The van der Waals surface area contributed by atoms with E-state index in [2.05, 4.69) is 43.4 Å². The van der Waals surface area contributed by atoms with E-state index < -0.39 is 6.04 Å². The van der Waals surface area contributed by atoms with Gasteiger partial charge in [0.05, 0.1) is 7.11 Å². The molecule has 1 unspecified atom stereocenters. The molecule has 5 nitrogen and oxygen atoms in total. The molecule has 0 aromatic heterocycles. The summed E-state index contributed by atoms with van der Waals surface area (Å²) in [7, 11) is 1.63. The number of aryl methyl sites for hydroxylation is 2. The molecule has 0 bridgehead atoms. The molecule has 2 aromatic rings. The first-order valence-electron chi connectivity index (χ1n) is 11.2. The van der Waals surface area contributed by atoms with Crippen molar-refractivity contribution in [3.8, 4) is 5.75 Å². The molecule has 2 aromatic carbocycles. The van der Waals surface area contributed by atoms with E-state index in [4.69, 9.17) is 4.74 Å². The van der Waals surface area contributed by atoms with Gasteiger partial charge in [-0.3, -0.25) is 9.59 Å². The van der Waals surface area contributed by atoms with E-state index in [0.29, 0.717) is 32.4 Å². The summed E-state index contributed by atoms with van der Waals surface area (Å²) in [6, 6.07) is 15.4. The van der Waals surface area contributed by atoms with Crippen molar-refractivity contribution >= 4 is 11.8 Å². The average molecular weight is 425 g/mol. The quantitative estimate of drug-likeness (QED) is 0.504. The molecule has 0 saturated heterocycles. The Morgan fingerprint density at radius 2 is 1.65 bits per heavy atom. The highest BCUT2D eigenvalue weighted by Gasteiger charge is 2.28. The van der Waals surface area contributed by atoms with E-state index >= 15 is 0 Å². The lowest BCUT2D eigenvalue weighted by Crippen LogP contribution is -2.49. The molecular formula is C26H36N2O3. The largest absolute Gasteiger partial charge is 0.497 e. The summed E-state index contributed by atoms with van der Waals surface area (Å²) < 4.78 is 5.23. The van der Waals surface area contributed by atoms with Crippen LogP contribution in [0.25, 0.3) is 0 Å². The van der Waals surface area contributed by atoms with Crippen LogP contribution in [-0.4, -0.2) is 36.4 Å². The number of carbonyl (C=O) groups is 2. The van der Waals surface area contributed by atoms with E-state index in [1.807, 2.05) is 31.2 Å². The van der Waals surface area contributed by atoms with E-state index in [1.54, 1.807) is 12.0 Å². The first kappa shape index (κ1) is 24.4. The lowest BCUT2D eigenvalue weighted by molar-refractivity contribution is -0.141. The Morgan fingerprint density at radius 3 is 2.23 bits per heavy atom. The molecule has 0 aliphatic carbocycles. The van der Waals surface area contributed by atoms with Crippen molar-refractivity contribution in [3.05, 3.63) is 65.2 Å². The van der Waals surface area contributed by atoms with Crippen molar-refractivity contribution in [1.29, 1.82) is 0 Å². The Labute approximate surface area is 186 Å². The number of carbonyl (C=O) groups excluding carboxylic acids is 2. The zero-order valence-electron chi connectivity index (χ0n) is 19.3. The van der Waals surface area contributed by atoms with Crippen molar-refractivity contribution in [3.63, 3.8) is 0 Å². The number of benzene rings is 2. The van der Waals surface area contributed by atoms with Crippen LogP contribution in [0, 0.1) is 6.92 Å². The highest BCUT2D eigenvalue weighted by molar-refractivity contribution is 5.87. The van der Waals surface area contributed by atoms with Crippen molar-refractivity contribution < 1.29 is 14.3 Å². The Morgan fingerprint density at radius 1 is 1.00 bits per heavy atom. The number of hydrogen-bond donors (Lipinski definition) is 1. The fourth-order valence-corrected chi connectivity index (χ4v) is 3.50. The smallest absolute Gasteiger partial charge is 0.242 e. The molecule has 2 rings (SSSR count). The predicted octanol–water partition coefficient (Wildman–Crippen LogP) is 4.66. The van der Waals surface area contributed by atoms with Crippen molar-refractivity contribution in [1.82, 2.24) is 10.2 Å². The lowest BCUT2D eigenvalue weighted by atomic mass is 10.0. The highest BCUT2D eigenvalue weighted by atomic mass is 16.5. The van der Waals surface area contributed by atoms with Gasteiger partial charge in [0.15, 0.2) is 0 Å². The minimum absolute atomic E-state index is 0.00566. The summed E-state index contributed by atoms with van der Waals surface area (Å²) in [5.41, 5.74) is 3.30. The SMILES string of the molecule is CCCCNC(=O)C(CC)N(Cc1ccc(OC)cc1)C(=O)CCc1ccc(C)cc1. The minimum atomic E-state index is -0.482. The lowest BCUT2D eigenvalue weighted by Gasteiger charge is -2.31. The molecule has 2 amide bonds. The Balaban J connectivity index is 2.16. The van der Waals surface area contributed by atoms with Crippen LogP contribution in [-0.2, 0) is 22.6 Å². The number of methoxy groups -OCH3 is 1. The molecule has 0 aliphatic heterocycles. The second-order valence-electron chi connectivity index (χ2n) is 7.92. The Hall–Kier alpha value is -2.82.